The van der Waals surface area contributed by atoms with Crippen LogP contribution in [0, 0.1) is 0 Å². The first kappa shape index (κ1) is 13.8. The second-order valence-electron chi connectivity index (χ2n) is 4.10. The van der Waals surface area contributed by atoms with Crippen LogP contribution in [0.15, 0.2) is 42.5 Å². The van der Waals surface area contributed by atoms with Gasteiger partial charge in [-0.05, 0) is 24.3 Å². The molecule has 4 nitrogen and oxygen atoms in total. The van der Waals surface area contributed by atoms with Crippen LogP contribution in [0.25, 0.3) is 0 Å². The average molecular weight is 270 g/mol. The summed E-state index contributed by atoms with van der Waals surface area (Å²) in [7, 11) is 2.97. The first-order chi connectivity index (χ1) is 9.71. The van der Waals surface area contributed by atoms with Crippen molar-refractivity contribution in [2.24, 2.45) is 0 Å². The van der Waals surface area contributed by atoms with E-state index in [0.717, 1.165) is 0 Å². The molecule has 0 fully saturated rings. The van der Waals surface area contributed by atoms with E-state index < -0.39 is 0 Å². The third kappa shape index (κ3) is 2.54. The number of carbonyl (C=O) groups excluding carboxylic acids is 2. The molecule has 0 amide bonds. The zero-order valence-corrected chi connectivity index (χ0v) is 11.3. The number of methoxy groups -OCH3 is 2. The first-order valence-corrected chi connectivity index (χ1v) is 6.02. The largest absolute Gasteiger partial charge is 0.496 e. The van der Waals surface area contributed by atoms with E-state index in [2.05, 4.69) is 0 Å². The number of rotatable bonds is 5. The predicted molar refractivity (Wildman–Crippen MR) is 74.8 cm³/mol. The highest BCUT2D eigenvalue weighted by Gasteiger charge is 2.15. The van der Waals surface area contributed by atoms with Crippen molar-refractivity contribution < 1.29 is 19.1 Å². The molecule has 0 aliphatic carbocycles. The van der Waals surface area contributed by atoms with Gasteiger partial charge in [-0.15, -0.1) is 0 Å². The fourth-order valence-corrected chi connectivity index (χ4v) is 1.94. The van der Waals surface area contributed by atoms with E-state index in [9.17, 15) is 9.59 Å². The van der Waals surface area contributed by atoms with Gasteiger partial charge in [0, 0.05) is 5.56 Å². The van der Waals surface area contributed by atoms with E-state index in [4.69, 9.17) is 9.47 Å². The summed E-state index contributed by atoms with van der Waals surface area (Å²) in [6.45, 7) is 0. The van der Waals surface area contributed by atoms with Crippen LogP contribution < -0.4 is 9.47 Å². The molecule has 2 aromatic rings. The van der Waals surface area contributed by atoms with Gasteiger partial charge in [0.05, 0.1) is 25.3 Å². The molecule has 102 valence electrons. The number of hydrogen-bond acceptors (Lipinski definition) is 4. The Morgan fingerprint density at radius 1 is 1.00 bits per heavy atom. The van der Waals surface area contributed by atoms with Gasteiger partial charge in [0.15, 0.2) is 12.1 Å². The van der Waals surface area contributed by atoms with Crippen LogP contribution in [0.2, 0.25) is 0 Å². The van der Waals surface area contributed by atoms with Crippen molar-refractivity contribution in [2.45, 2.75) is 0 Å². The lowest BCUT2D eigenvalue weighted by molar-refractivity contribution is 0.103. The molecule has 0 atom stereocenters. The average Bonchev–Trinajstić information content (AvgIpc) is 2.53. The van der Waals surface area contributed by atoms with Gasteiger partial charge in [0.2, 0.25) is 0 Å². The minimum Gasteiger partial charge on any atom is -0.496 e. The number of benzene rings is 2. The number of ether oxygens (including phenoxy) is 2. The minimum absolute atomic E-state index is 0.182. The van der Waals surface area contributed by atoms with E-state index >= 15 is 0 Å². The Hall–Kier alpha value is -2.62. The molecule has 0 aliphatic heterocycles. The lowest BCUT2D eigenvalue weighted by Gasteiger charge is -2.09. The summed E-state index contributed by atoms with van der Waals surface area (Å²) in [5.74, 6) is 0.704. The Bertz CT molecular complexity index is 647. The second-order valence-corrected chi connectivity index (χ2v) is 4.10. The van der Waals surface area contributed by atoms with Crippen LogP contribution in [0.1, 0.15) is 26.3 Å². The quantitative estimate of drug-likeness (QED) is 0.619. The molecule has 20 heavy (non-hydrogen) atoms. The maximum absolute atomic E-state index is 12.5. The molecule has 0 bridgehead atoms. The number of aldehydes is 1. The second kappa shape index (κ2) is 6.02. The monoisotopic (exact) mass is 270 g/mol. The highest BCUT2D eigenvalue weighted by atomic mass is 16.5. The zero-order chi connectivity index (χ0) is 14.5. The van der Waals surface area contributed by atoms with Crippen molar-refractivity contribution in [3.8, 4) is 11.5 Å². The van der Waals surface area contributed by atoms with Crippen molar-refractivity contribution in [3.63, 3.8) is 0 Å². The SMILES string of the molecule is COc1cc(C(=O)c2ccccc2OC)ccc1C=O. The molecule has 0 radical (unpaired) electrons. The fraction of sp³-hybridized carbons (Fsp3) is 0.125. The predicted octanol–water partition coefficient (Wildman–Crippen LogP) is 2.75. The molecule has 0 aromatic heterocycles. The summed E-state index contributed by atoms with van der Waals surface area (Å²) in [5, 5.41) is 0. The van der Waals surface area contributed by atoms with Gasteiger partial charge in [-0.2, -0.15) is 0 Å². The van der Waals surface area contributed by atoms with Gasteiger partial charge < -0.3 is 9.47 Å². The van der Waals surface area contributed by atoms with Crippen molar-refractivity contribution >= 4 is 12.1 Å². The van der Waals surface area contributed by atoms with Gasteiger partial charge >= 0.3 is 0 Å². The molecule has 0 saturated heterocycles. The maximum atomic E-state index is 12.5. The molecule has 0 unspecified atom stereocenters. The van der Waals surface area contributed by atoms with Crippen molar-refractivity contribution in [2.75, 3.05) is 14.2 Å². The summed E-state index contributed by atoms with van der Waals surface area (Å²) < 4.78 is 10.3. The Labute approximate surface area is 116 Å². The number of ketones is 1. The highest BCUT2D eigenvalue weighted by Crippen LogP contribution is 2.24. The lowest BCUT2D eigenvalue weighted by atomic mass is 10.0. The zero-order valence-electron chi connectivity index (χ0n) is 11.3. The summed E-state index contributed by atoms with van der Waals surface area (Å²) in [4.78, 5) is 23.3. The number of para-hydroxylation sites is 1. The Morgan fingerprint density at radius 3 is 2.35 bits per heavy atom. The fourth-order valence-electron chi connectivity index (χ4n) is 1.94. The molecular formula is C16H14O4. The van der Waals surface area contributed by atoms with Gasteiger partial charge in [-0.3, -0.25) is 9.59 Å². The number of carbonyl (C=O) groups is 2. The van der Waals surface area contributed by atoms with Crippen molar-refractivity contribution in [1.82, 2.24) is 0 Å². The molecule has 2 aromatic carbocycles. The molecule has 2 rings (SSSR count). The van der Waals surface area contributed by atoms with Crippen LogP contribution in [0.4, 0.5) is 0 Å². The van der Waals surface area contributed by atoms with Crippen LogP contribution in [-0.2, 0) is 0 Å². The van der Waals surface area contributed by atoms with Crippen molar-refractivity contribution in [3.05, 3.63) is 59.2 Å². The molecule has 0 heterocycles. The summed E-state index contributed by atoms with van der Waals surface area (Å²) in [6, 6.07) is 11.7. The van der Waals surface area contributed by atoms with E-state index in [-0.39, 0.29) is 5.78 Å². The molecule has 0 spiro atoms. The Morgan fingerprint density at radius 2 is 1.70 bits per heavy atom. The van der Waals surface area contributed by atoms with E-state index in [1.165, 1.54) is 14.2 Å². The Balaban J connectivity index is 2.46. The van der Waals surface area contributed by atoms with Gasteiger partial charge in [0.1, 0.15) is 11.5 Å². The van der Waals surface area contributed by atoms with E-state index in [0.29, 0.717) is 34.5 Å². The van der Waals surface area contributed by atoms with E-state index in [1.54, 1.807) is 42.5 Å². The van der Waals surface area contributed by atoms with Crippen LogP contribution in [-0.4, -0.2) is 26.3 Å². The summed E-state index contributed by atoms with van der Waals surface area (Å²) >= 11 is 0. The van der Waals surface area contributed by atoms with Crippen LogP contribution in [0.5, 0.6) is 11.5 Å². The van der Waals surface area contributed by atoms with Crippen LogP contribution >= 0.6 is 0 Å². The van der Waals surface area contributed by atoms with Gasteiger partial charge in [-0.1, -0.05) is 18.2 Å². The lowest BCUT2D eigenvalue weighted by Crippen LogP contribution is -2.05. The number of hydrogen-bond donors (Lipinski definition) is 0. The molecular weight excluding hydrogens is 256 g/mol. The maximum Gasteiger partial charge on any atom is 0.196 e. The molecule has 0 N–H and O–H groups in total. The third-order valence-electron chi connectivity index (χ3n) is 2.97. The summed E-state index contributed by atoms with van der Waals surface area (Å²) in [5.41, 5.74) is 1.32. The van der Waals surface area contributed by atoms with Crippen molar-refractivity contribution in [1.29, 1.82) is 0 Å². The molecule has 4 heteroatoms. The first-order valence-electron chi connectivity index (χ1n) is 6.02. The summed E-state index contributed by atoms with van der Waals surface area (Å²) in [6.07, 6.45) is 0.691. The molecule has 0 saturated carbocycles. The molecule has 0 aliphatic rings. The van der Waals surface area contributed by atoms with Gasteiger partial charge in [-0.25, -0.2) is 0 Å². The minimum atomic E-state index is -0.182. The topological polar surface area (TPSA) is 52.6 Å². The van der Waals surface area contributed by atoms with E-state index in [1.807, 2.05) is 0 Å². The van der Waals surface area contributed by atoms with Gasteiger partial charge in [0.25, 0.3) is 0 Å². The smallest absolute Gasteiger partial charge is 0.196 e. The highest BCUT2D eigenvalue weighted by molar-refractivity contribution is 6.11. The standard InChI is InChI=1S/C16H14O4/c1-19-14-6-4-3-5-13(14)16(18)11-7-8-12(10-17)15(9-11)20-2/h3-10H,1-2H3. The third-order valence-corrected chi connectivity index (χ3v) is 2.97. The van der Waals surface area contributed by atoms with Crippen LogP contribution in [0.3, 0.4) is 0 Å². The Kier molecular flexibility index (Phi) is 4.15. The normalized spacial score (nSPS) is 9.90.